The van der Waals surface area contributed by atoms with Crippen LogP contribution in [0.25, 0.3) is 0 Å². The minimum Gasteiger partial charge on any atom is -0.446 e. The molecule has 2 fully saturated rings. The number of oxazole rings is 1. The van der Waals surface area contributed by atoms with Crippen LogP contribution in [-0.2, 0) is 9.47 Å². The Morgan fingerprint density at radius 1 is 1.39 bits per heavy atom. The van der Waals surface area contributed by atoms with Crippen molar-refractivity contribution in [2.45, 2.75) is 50.9 Å². The molecular weight excluding hydrogens is 298 g/mol. The van der Waals surface area contributed by atoms with Crippen LogP contribution in [0.1, 0.15) is 61.4 Å². The zero-order valence-corrected chi connectivity index (χ0v) is 13.6. The second kappa shape index (κ2) is 6.98. The lowest BCUT2D eigenvalue weighted by atomic mass is 10.0. The Kier molecular flexibility index (Phi) is 4.99. The Hall–Kier alpha value is -1.44. The van der Waals surface area contributed by atoms with Crippen LogP contribution in [-0.4, -0.2) is 47.9 Å². The van der Waals surface area contributed by atoms with Gasteiger partial charge in [0.1, 0.15) is 6.26 Å². The summed E-state index contributed by atoms with van der Waals surface area (Å²) < 4.78 is 16.8. The van der Waals surface area contributed by atoms with Gasteiger partial charge in [0.15, 0.2) is 11.5 Å². The van der Waals surface area contributed by atoms with Gasteiger partial charge in [-0.15, -0.1) is 0 Å². The maximum Gasteiger partial charge on any atom is 0.275 e. The molecule has 0 radical (unpaired) electrons. The molecule has 0 bridgehead atoms. The van der Waals surface area contributed by atoms with Gasteiger partial charge in [0.25, 0.3) is 5.91 Å². The van der Waals surface area contributed by atoms with Gasteiger partial charge in [0.2, 0.25) is 5.89 Å². The van der Waals surface area contributed by atoms with Crippen LogP contribution in [0.4, 0.5) is 0 Å². The zero-order valence-electron chi connectivity index (χ0n) is 13.6. The van der Waals surface area contributed by atoms with Crippen molar-refractivity contribution in [2.24, 2.45) is 5.73 Å². The van der Waals surface area contributed by atoms with E-state index in [0.29, 0.717) is 50.7 Å². The number of amides is 1. The number of piperidine rings is 1. The Morgan fingerprint density at radius 2 is 2.09 bits per heavy atom. The molecule has 3 heterocycles. The highest BCUT2D eigenvalue weighted by molar-refractivity contribution is 5.92. The SMILES string of the molecule is CCCCC(N)c1nc(C(=O)N2CCC3(CC2)OCCO3)co1. The maximum atomic E-state index is 12.5. The highest BCUT2D eigenvalue weighted by Gasteiger charge is 2.41. The number of ether oxygens (including phenoxy) is 2. The van der Waals surface area contributed by atoms with Crippen LogP contribution < -0.4 is 5.73 Å². The lowest BCUT2D eigenvalue weighted by molar-refractivity contribution is -0.181. The number of carbonyl (C=O) groups excluding carboxylic acids is 1. The van der Waals surface area contributed by atoms with Crippen molar-refractivity contribution in [1.29, 1.82) is 0 Å². The summed E-state index contributed by atoms with van der Waals surface area (Å²) in [6.45, 7) is 4.58. The molecule has 1 aromatic heterocycles. The van der Waals surface area contributed by atoms with Crippen molar-refractivity contribution >= 4 is 5.91 Å². The van der Waals surface area contributed by atoms with E-state index in [1.54, 1.807) is 4.90 Å². The number of hydrogen-bond donors (Lipinski definition) is 1. The molecule has 0 aliphatic carbocycles. The van der Waals surface area contributed by atoms with E-state index in [4.69, 9.17) is 19.6 Å². The Labute approximate surface area is 136 Å². The van der Waals surface area contributed by atoms with E-state index in [1.165, 1.54) is 6.26 Å². The highest BCUT2D eigenvalue weighted by atomic mass is 16.7. The average Bonchev–Trinajstić information content (AvgIpc) is 3.23. The smallest absolute Gasteiger partial charge is 0.275 e. The standard InChI is InChI=1S/C16H25N3O4/c1-2-3-4-12(17)14-18-13(11-21-14)15(20)19-7-5-16(6-8-19)22-9-10-23-16/h11-12H,2-10,17H2,1H3. The van der Waals surface area contributed by atoms with Crippen LogP contribution in [0.15, 0.2) is 10.7 Å². The summed E-state index contributed by atoms with van der Waals surface area (Å²) in [6.07, 6.45) is 5.70. The van der Waals surface area contributed by atoms with Gasteiger partial charge in [-0.1, -0.05) is 19.8 Å². The Bertz CT molecular complexity index is 529. The largest absolute Gasteiger partial charge is 0.446 e. The summed E-state index contributed by atoms with van der Waals surface area (Å²) in [5.41, 5.74) is 6.37. The van der Waals surface area contributed by atoms with Gasteiger partial charge in [0.05, 0.1) is 19.3 Å². The fourth-order valence-corrected chi connectivity index (χ4v) is 3.10. The third-order valence-electron chi connectivity index (χ3n) is 4.55. The minimum atomic E-state index is -0.478. The molecule has 3 rings (SSSR count). The van der Waals surface area contributed by atoms with Gasteiger partial charge in [-0.05, 0) is 6.42 Å². The average molecular weight is 323 g/mol. The molecule has 2 aliphatic heterocycles. The fraction of sp³-hybridized carbons (Fsp3) is 0.750. The van der Waals surface area contributed by atoms with E-state index in [0.717, 1.165) is 19.3 Å². The second-order valence-corrected chi connectivity index (χ2v) is 6.22. The number of hydrogen-bond acceptors (Lipinski definition) is 6. The molecule has 128 valence electrons. The normalized spacial score (nSPS) is 21.7. The van der Waals surface area contributed by atoms with Crippen LogP contribution in [0.2, 0.25) is 0 Å². The first kappa shape index (κ1) is 16.4. The van der Waals surface area contributed by atoms with Crippen LogP contribution in [0.3, 0.4) is 0 Å². The van der Waals surface area contributed by atoms with Crippen molar-refractivity contribution in [3.8, 4) is 0 Å². The predicted molar refractivity (Wildman–Crippen MR) is 82.7 cm³/mol. The molecule has 2 N–H and O–H groups in total. The molecule has 23 heavy (non-hydrogen) atoms. The summed E-state index contributed by atoms with van der Waals surface area (Å²) in [7, 11) is 0. The quantitative estimate of drug-likeness (QED) is 0.889. The molecule has 2 saturated heterocycles. The van der Waals surface area contributed by atoms with Crippen molar-refractivity contribution in [2.75, 3.05) is 26.3 Å². The highest BCUT2D eigenvalue weighted by Crippen LogP contribution is 2.31. The number of aromatic nitrogens is 1. The van der Waals surface area contributed by atoms with E-state index in [-0.39, 0.29) is 11.9 Å². The number of nitrogens with zero attached hydrogens (tertiary/aromatic N) is 2. The summed E-state index contributed by atoms with van der Waals surface area (Å²) in [5, 5.41) is 0. The molecule has 1 spiro atoms. The monoisotopic (exact) mass is 323 g/mol. The molecule has 7 nitrogen and oxygen atoms in total. The molecule has 1 aromatic rings. The summed E-state index contributed by atoms with van der Waals surface area (Å²) in [6, 6.07) is -0.249. The summed E-state index contributed by atoms with van der Waals surface area (Å²) >= 11 is 0. The lowest BCUT2D eigenvalue weighted by Crippen LogP contribution is -2.47. The summed E-state index contributed by atoms with van der Waals surface area (Å²) in [5.74, 6) is -0.151. The van der Waals surface area contributed by atoms with E-state index in [1.807, 2.05) is 0 Å². The topological polar surface area (TPSA) is 90.8 Å². The van der Waals surface area contributed by atoms with E-state index >= 15 is 0 Å². The number of carbonyl (C=O) groups is 1. The molecule has 1 atom stereocenters. The van der Waals surface area contributed by atoms with Gasteiger partial charge in [-0.3, -0.25) is 4.79 Å². The van der Waals surface area contributed by atoms with Crippen molar-refractivity contribution in [3.05, 3.63) is 17.8 Å². The second-order valence-electron chi connectivity index (χ2n) is 6.22. The third-order valence-corrected chi connectivity index (χ3v) is 4.55. The minimum absolute atomic E-state index is 0.115. The van der Waals surface area contributed by atoms with Crippen molar-refractivity contribution in [3.63, 3.8) is 0 Å². The molecule has 0 saturated carbocycles. The zero-order chi connectivity index (χ0) is 16.3. The predicted octanol–water partition coefficient (Wildman–Crippen LogP) is 1.84. The van der Waals surface area contributed by atoms with Gasteiger partial charge in [-0.25, -0.2) is 4.98 Å². The first-order valence-corrected chi connectivity index (χ1v) is 8.42. The van der Waals surface area contributed by atoms with E-state index in [2.05, 4.69) is 11.9 Å². The number of nitrogens with two attached hydrogens (primary N) is 1. The number of rotatable bonds is 5. The molecular formula is C16H25N3O4. The molecule has 0 aromatic carbocycles. The van der Waals surface area contributed by atoms with Gasteiger partial charge >= 0.3 is 0 Å². The third kappa shape index (κ3) is 3.57. The molecule has 7 heteroatoms. The molecule has 1 unspecified atom stereocenters. The van der Waals surface area contributed by atoms with E-state index in [9.17, 15) is 4.79 Å². The first-order valence-electron chi connectivity index (χ1n) is 8.42. The Balaban J connectivity index is 1.57. The lowest BCUT2D eigenvalue weighted by Gasteiger charge is -2.37. The van der Waals surface area contributed by atoms with Crippen molar-refractivity contribution in [1.82, 2.24) is 9.88 Å². The van der Waals surface area contributed by atoms with Crippen LogP contribution in [0.5, 0.6) is 0 Å². The number of unbranched alkanes of at least 4 members (excludes halogenated alkanes) is 1. The van der Waals surface area contributed by atoms with Crippen LogP contribution >= 0.6 is 0 Å². The van der Waals surface area contributed by atoms with Crippen LogP contribution in [0, 0.1) is 0 Å². The van der Waals surface area contributed by atoms with Gasteiger partial charge in [-0.2, -0.15) is 0 Å². The van der Waals surface area contributed by atoms with Gasteiger partial charge in [0, 0.05) is 25.9 Å². The first-order chi connectivity index (χ1) is 11.1. The summed E-state index contributed by atoms with van der Waals surface area (Å²) in [4.78, 5) is 18.6. The van der Waals surface area contributed by atoms with E-state index < -0.39 is 5.79 Å². The maximum absolute atomic E-state index is 12.5. The fourth-order valence-electron chi connectivity index (χ4n) is 3.10. The van der Waals surface area contributed by atoms with Crippen molar-refractivity contribution < 1.29 is 18.7 Å². The van der Waals surface area contributed by atoms with Gasteiger partial charge < -0.3 is 24.5 Å². The molecule has 2 aliphatic rings. The number of likely N-dealkylation sites (tertiary alicyclic amines) is 1. The molecule has 1 amide bonds. The Morgan fingerprint density at radius 3 is 2.74 bits per heavy atom.